The van der Waals surface area contributed by atoms with Gasteiger partial charge in [0.1, 0.15) is 11.5 Å². The maximum atomic E-state index is 11.6. The van der Waals surface area contributed by atoms with E-state index in [9.17, 15) is 20.0 Å². The highest BCUT2D eigenvalue weighted by Gasteiger charge is 2.25. The van der Waals surface area contributed by atoms with Crippen LogP contribution >= 0.6 is 0 Å². The summed E-state index contributed by atoms with van der Waals surface area (Å²) in [6.45, 7) is 3.45. The van der Waals surface area contributed by atoms with Crippen LogP contribution < -0.4 is 16.4 Å². The summed E-state index contributed by atoms with van der Waals surface area (Å²) in [6, 6.07) is 9.52. The first-order valence-corrected chi connectivity index (χ1v) is 8.21. The van der Waals surface area contributed by atoms with Crippen molar-refractivity contribution in [3.05, 3.63) is 52.1 Å². The Hall–Kier alpha value is -3.40. The van der Waals surface area contributed by atoms with Crippen LogP contribution in [0.3, 0.4) is 0 Å². The molecule has 144 valence electrons. The number of nitrogens with one attached hydrogen (secondary N) is 2. The molecule has 0 aliphatic rings. The average molecular weight is 375 g/mol. The number of rotatable bonds is 7. The molecule has 2 rings (SSSR count). The first-order valence-electron chi connectivity index (χ1n) is 8.21. The highest BCUT2D eigenvalue weighted by molar-refractivity contribution is 5.86. The number of benzene rings is 1. The number of carbonyl (C=O) groups excluding carboxylic acids is 1. The first-order chi connectivity index (χ1) is 12.8. The van der Waals surface area contributed by atoms with E-state index in [0.29, 0.717) is 5.56 Å². The Morgan fingerprint density at radius 2 is 2.07 bits per heavy atom. The van der Waals surface area contributed by atoms with Gasteiger partial charge in [0, 0.05) is 6.07 Å². The lowest BCUT2D eigenvalue weighted by Crippen LogP contribution is -2.25. The maximum Gasteiger partial charge on any atom is 0.412 e. The van der Waals surface area contributed by atoms with Gasteiger partial charge in [-0.2, -0.15) is 0 Å². The predicted molar refractivity (Wildman–Crippen MR) is 100 cm³/mol. The van der Waals surface area contributed by atoms with Crippen LogP contribution in [0, 0.1) is 10.1 Å². The fourth-order valence-corrected chi connectivity index (χ4v) is 2.46. The van der Waals surface area contributed by atoms with Gasteiger partial charge in [0.15, 0.2) is 0 Å². The van der Waals surface area contributed by atoms with Crippen LogP contribution in [-0.2, 0) is 4.74 Å². The van der Waals surface area contributed by atoms with Crippen LogP contribution in [0.15, 0.2) is 36.4 Å². The number of hydrogen-bond acceptors (Lipinski definition) is 8. The molecular weight excluding hydrogens is 354 g/mol. The second-order valence-electron chi connectivity index (χ2n) is 5.68. The Balaban J connectivity index is 2.30. The van der Waals surface area contributed by atoms with Crippen molar-refractivity contribution in [3.63, 3.8) is 0 Å². The summed E-state index contributed by atoms with van der Waals surface area (Å²) in [5.74, 6) is -0.390. The number of pyridine rings is 1. The maximum absolute atomic E-state index is 11.6. The molecule has 0 radical (unpaired) electrons. The number of carbonyl (C=O) groups is 1. The molecule has 0 aliphatic heterocycles. The van der Waals surface area contributed by atoms with E-state index < -0.39 is 28.8 Å². The van der Waals surface area contributed by atoms with Crippen molar-refractivity contribution in [2.24, 2.45) is 0 Å². The number of nitrogens with two attached hydrogens (primary N) is 1. The Morgan fingerprint density at radius 1 is 1.41 bits per heavy atom. The van der Waals surface area contributed by atoms with E-state index in [1.54, 1.807) is 38.1 Å². The van der Waals surface area contributed by atoms with Gasteiger partial charge in [-0.3, -0.25) is 15.4 Å². The molecular formula is C17H21N5O5. The Kier molecular flexibility index (Phi) is 6.50. The molecule has 10 heteroatoms. The number of amides is 1. The van der Waals surface area contributed by atoms with Crippen LogP contribution in [0.1, 0.15) is 25.5 Å². The van der Waals surface area contributed by atoms with E-state index in [2.05, 4.69) is 15.6 Å². The van der Waals surface area contributed by atoms with Gasteiger partial charge in [0.2, 0.25) is 5.82 Å². The summed E-state index contributed by atoms with van der Waals surface area (Å²) in [4.78, 5) is 26.1. The minimum atomic E-state index is -0.929. The SMILES string of the molecule is CCOC(=O)Nc1cc(NC(C)C(O)c2ccccc2)c([N+](=O)[O-])c(N)n1. The highest BCUT2D eigenvalue weighted by Crippen LogP contribution is 2.33. The second kappa shape index (κ2) is 8.81. The van der Waals surface area contributed by atoms with E-state index in [1.165, 1.54) is 6.07 Å². The number of aromatic nitrogens is 1. The summed E-state index contributed by atoms with van der Waals surface area (Å²) >= 11 is 0. The van der Waals surface area contributed by atoms with Crippen molar-refractivity contribution in [3.8, 4) is 0 Å². The Morgan fingerprint density at radius 3 is 2.67 bits per heavy atom. The Labute approximate surface area is 155 Å². The molecule has 1 aromatic heterocycles. The smallest absolute Gasteiger partial charge is 0.412 e. The fourth-order valence-electron chi connectivity index (χ4n) is 2.46. The third kappa shape index (κ3) is 5.05. The van der Waals surface area contributed by atoms with Gasteiger partial charge in [0.05, 0.1) is 23.7 Å². The lowest BCUT2D eigenvalue weighted by atomic mass is 10.0. The van der Waals surface area contributed by atoms with Crippen LogP contribution in [-0.4, -0.2) is 33.8 Å². The minimum absolute atomic E-state index is 0.0135. The van der Waals surface area contributed by atoms with Crippen molar-refractivity contribution < 1.29 is 19.6 Å². The third-order valence-corrected chi connectivity index (χ3v) is 3.71. The molecule has 1 aromatic carbocycles. The zero-order valence-electron chi connectivity index (χ0n) is 14.9. The number of nitrogens with zero attached hydrogens (tertiary/aromatic N) is 2. The lowest BCUT2D eigenvalue weighted by Gasteiger charge is -2.22. The lowest BCUT2D eigenvalue weighted by molar-refractivity contribution is -0.383. The van der Waals surface area contributed by atoms with Gasteiger partial charge < -0.3 is 20.9 Å². The summed E-state index contributed by atoms with van der Waals surface area (Å²) in [7, 11) is 0. The monoisotopic (exact) mass is 375 g/mol. The number of anilines is 3. The van der Waals surface area contributed by atoms with Crippen molar-refractivity contribution in [1.82, 2.24) is 4.98 Å². The Bertz CT molecular complexity index is 815. The van der Waals surface area contributed by atoms with E-state index in [0.717, 1.165) is 0 Å². The molecule has 10 nitrogen and oxygen atoms in total. The van der Waals surface area contributed by atoms with E-state index in [4.69, 9.17) is 10.5 Å². The third-order valence-electron chi connectivity index (χ3n) is 3.71. The first kappa shape index (κ1) is 19.9. The molecule has 0 saturated heterocycles. The van der Waals surface area contributed by atoms with E-state index in [-0.39, 0.29) is 23.9 Å². The minimum Gasteiger partial charge on any atom is -0.450 e. The van der Waals surface area contributed by atoms with Gasteiger partial charge in [-0.25, -0.2) is 9.78 Å². The summed E-state index contributed by atoms with van der Waals surface area (Å²) < 4.78 is 4.76. The van der Waals surface area contributed by atoms with E-state index in [1.807, 2.05) is 6.07 Å². The van der Waals surface area contributed by atoms with Gasteiger partial charge >= 0.3 is 11.8 Å². The molecule has 0 saturated carbocycles. The molecule has 2 unspecified atom stereocenters. The summed E-state index contributed by atoms with van der Waals surface area (Å²) in [5, 5.41) is 27.1. The number of nitro groups is 1. The molecule has 0 bridgehead atoms. The number of nitrogen functional groups attached to an aromatic ring is 1. The molecule has 0 fully saturated rings. The molecule has 1 heterocycles. The number of aliphatic hydroxyl groups excluding tert-OH is 1. The van der Waals surface area contributed by atoms with Crippen molar-refractivity contribution >= 4 is 29.1 Å². The highest BCUT2D eigenvalue weighted by atomic mass is 16.6. The van der Waals surface area contributed by atoms with Crippen LogP contribution in [0.5, 0.6) is 0 Å². The van der Waals surface area contributed by atoms with Crippen LogP contribution in [0.2, 0.25) is 0 Å². The normalized spacial score (nSPS) is 12.7. The average Bonchev–Trinajstić information content (AvgIpc) is 2.61. The molecule has 27 heavy (non-hydrogen) atoms. The number of hydrogen-bond donors (Lipinski definition) is 4. The molecule has 5 N–H and O–H groups in total. The van der Waals surface area contributed by atoms with Gasteiger partial charge in [0.25, 0.3) is 0 Å². The molecule has 2 aromatic rings. The van der Waals surface area contributed by atoms with Gasteiger partial charge in [-0.15, -0.1) is 0 Å². The van der Waals surface area contributed by atoms with Crippen molar-refractivity contribution in [1.29, 1.82) is 0 Å². The van der Waals surface area contributed by atoms with Crippen LogP contribution in [0.4, 0.5) is 27.8 Å². The quantitative estimate of drug-likeness (QED) is 0.425. The predicted octanol–water partition coefficient (Wildman–Crippen LogP) is 2.67. The van der Waals surface area contributed by atoms with Crippen molar-refractivity contribution in [2.75, 3.05) is 23.0 Å². The van der Waals surface area contributed by atoms with Crippen LogP contribution in [0.25, 0.3) is 0 Å². The molecule has 1 amide bonds. The zero-order valence-corrected chi connectivity index (χ0v) is 14.9. The molecule has 2 atom stereocenters. The number of ether oxygens (including phenoxy) is 1. The zero-order chi connectivity index (χ0) is 20.0. The molecule has 0 spiro atoms. The largest absolute Gasteiger partial charge is 0.450 e. The fraction of sp³-hybridized carbons (Fsp3) is 0.294. The second-order valence-corrected chi connectivity index (χ2v) is 5.68. The van der Waals surface area contributed by atoms with E-state index >= 15 is 0 Å². The van der Waals surface area contributed by atoms with Gasteiger partial charge in [-0.1, -0.05) is 30.3 Å². The summed E-state index contributed by atoms with van der Waals surface area (Å²) in [6.07, 6.45) is -1.69. The van der Waals surface area contributed by atoms with Gasteiger partial charge in [-0.05, 0) is 19.4 Å². The molecule has 0 aliphatic carbocycles. The number of aliphatic hydroxyl groups is 1. The summed E-state index contributed by atoms with van der Waals surface area (Å²) in [5.41, 5.74) is 5.90. The topological polar surface area (TPSA) is 153 Å². The standard InChI is InChI=1S/C17H21N5O5/c1-3-27-17(24)21-13-9-12(14(22(25)26)16(18)20-13)19-10(2)15(23)11-7-5-4-6-8-11/h4-10,15,23H,3H2,1-2H3,(H4,18,19,20,21,24). The van der Waals surface area contributed by atoms with Crippen molar-refractivity contribution in [2.45, 2.75) is 26.0 Å².